The molecule has 1 heterocycles. The van der Waals surface area contributed by atoms with E-state index in [4.69, 9.17) is 16.6 Å². The first-order valence-corrected chi connectivity index (χ1v) is 5.07. The lowest BCUT2D eigenvalue weighted by Crippen LogP contribution is -2.11. The third kappa shape index (κ3) is 2.04. The molecule has 0 atom stereocenters. The molecule has 82 valence electrons. The lowest BCUT2D eigenvalue weighted by atomic mass is 10.2. The molecule has 0 aliphatic heterocycles. The van der Waals surface area contributed by atoms with Crippen molar-refractivity contribution >= 4 is 34.9 Å². The van der Waals surface area contributed by atoms with Crippen molar-refractivity contribution in [1.29, 1.82) is 0 Å². The molecule has 16 heavy (non-hydrogen) atoms. The van der Waals surface area contributed by atoms with Gasteiger partial charge in [-0.3, -0.25) is 4.79 Å². The zero-order chi connectivity index (χ0) is 11.7. The number of H-pyrrole nitrogens is 1. The monoisotopic (exact) mass is 234 g/mol. The van der Waals surface area contributed by atoms with E-state index in [-0.39, 0.29) is 5.91 Å². The molecule has 0 bridgehead atoms. The van der Waals surface area contributed by atoms with Gasteiger partial charge in [-0.25, -0.2) is 0 Å². The molecule has 1 aromatic heterocycles. The quantitative estimate of drug-likeness (QED) is 0.620. The standard InChI is InChI=1S/C11H10N2O2S/c1-6(2)10(14)12-7-3-4-8-9(5-7)15-11(16)13-8/h3-5H,1H2,2H3,(H,12,14)(H,13,16). The highest BCUT2D eigenvalue weighted by Gasteiger charge is 2.04. The molecule has 0 radical (unpaired) electrons. The van der Waals surface area contributed by atoms with E-state index in [0.29, 0.717) is 21.7 Å². The van der Waals surface area contributed by atoms with Gasteiger partial charge < -0.3 is 14.7 Å². The number of benzene rings is 1. The summed E-state index contributed by atoms with van der Waals surface area (Å²) >= 11 is 4.86. The summed E-state index contributed by atoms with van der Waals surface area (Å²) in [4.78, 5) is 14.6. The topological polar surface area (TPSA) is 58.0 Å². The molecule has 5 heteroatoms. The van der Waals surface area contributed by atoms with Crippen molar-refractivity contribution in [3.63, 3.8) is 0 Å². The highest BCUT2D eigenvalue weighted by atomic mass is 32.1. The Labute approximate surface area is 97.0 Å². The van der Waals surface area contributed by atoms with Crippen molar-refractivity contribution in [3.8, 4) is 0 Å². The van der Waals surface area contributed by atoms with Crippen molar-refractivity contribution in [2.75, 3.05) is 5.32 Å². The number of oxazole rings is 1. The number of fused-ring (bicyclic) bond motifs is 1. The Bertz CT molecular complexity index is 624. The number of hydrogen-bond acceptors (Lipinski definition) is 3. The predicted molar refractivity (Wildman–Crippen MR) is 64.8 cm³/mol. The van der Waals surface area contributed by atoms with Gasteiger partial charge in [-0.2, -0.15) is 0 Å². The van der Waals surface area contributed by atoms with Crippen LogP contribution >= 0.6 is 12.2 Å². The number of amides is 1. The van der Waals surface area contributed by atoms with Gasteiger partial charge in [0.2, 0.25) is 0 Å². The van der Waals surface area contributed by atoms with Gasteiger partial charge in [0, 0.05) is 17.3 Å². The van der Waals surface area contributed by atoms with Crippen molar-refractivity contribution < 1.29 is 9.21 Å². The Morgan fingerprint density at radius 1 is 1.56 bits per heavy atom. The van der Waals surface area contributed by atoms with Crippen LogP contribution in [0, 0.1) is 4.84 Å². The van der Waals surface area contributed by atoms with Gasteiger partial charge in [-0.1, -0.05) is 6.58 Å². The van der Waals surface area contributed by atoms with E-state index in [1.807, 2.05) is 0 Å². The van der Waals surface area contributed by atoms with Gasteiger partial charge in [-0.05, 0) is 31.3 Å². The number of aromatic nitrogens is 1. The summed E-state index contributed by atoms with van der Waals surface area (Å²) < 4.78 is 5.24. The molecule has 1 amide bonds. The van der Waals surface area contributed by atoms with E-state index < -0.39 is 0 Å². The molecular formula is C11H10N2O2S. The van der Waals surface area contributed by atoms with Crippen LogP contribution < -0.4 is 5.32 Å². The van der Waals surface area contributed by atoms with Gasteiger partial charge in [0.25, 0.3) is 10.7 Å². The van der Waals surface area contributed by atoms with Gasteiger partial charge >= 0.3 is 0 Å². The molecule has 0 saturated heterocycles. The third-order valence-electron chi connectivity index (χ3n) is 2.07. The molecule has 1 aromatic carbocycles. The Morgan fingerprint density at radius 2 is 2.31 bits per heavy atom. The highest BCUT2D eigenvalue weighted by molar-refractivity contribution is 7.71. The molecule has 2 N–H and O–H groups in total. The third-order valence-corrected chi connectivity index (χ3v) is 2.25. The van der Waals surface area contributed by atoms with E-state index >= 15 is 0 Å². The van der Waals surface area contributed by atoms with E-state index in [1.54, 1.807) is 25.1 Å². The number of nitrogens with one attached hydrogen (secondary N) is 2. The molecular weight excluding hydrogens is 224 g/mol. The summed E-state index contributed by atoms with van der Waals surface area (Å²) in [5, 5.41) is 2.70. The van der Waals surface area contributed by atoms with Gasteiger partial charge in [0.1, 0.15) is 0 Å². The SMILES string of the molecule is C=C(C)C(=O)Nc1ccc2[nH]c(=S)oc2c1. The average molecular weight is 234 g/mol. The van der Waals surface area contributed by atoms with Gasteiger partial charge in [0.05, 0.1) is 5.52 Å². The molecule has 2 aromatic rings. The van der Waals surface area contributed by atoms with Crippen LogP contribution in [-0.2, 0) is 4.79 Å². The molecule has 4 nitrogen and oxygen atoms in total. The molecule has 0 saturated carbocycles. The van der Waals surface area contributed by atoms with Crippen LogP contribution in [0.5, 0.6) is 0 Å². The van der Waals surface area contributed by atoms with Crippen LogP contribution in [0.4, 0.5) is 5.69 Å². The fourth-order valence-corrected chi connectivity index (χ4v) is 1.46. The largest absolute Gasteiger partial charge is 0.429 e. The molecule has 2 rings (SSSR count). The minimum Gasteiger partial charge on any atom is -0.429 e. The minimum absolute atomic E-state index is 0.214. The van der Waals surface area contributed by atoms with Gasteiger partial charge in [0.15, 0.2) is 5.58 Å². The van der Waals surface area contributed by atoms with Crippen LogP contribution in [0.3, 0.4) is 0 Å². The zero-order valence-corrected chi connectivity index (χ0v) is 9.48. The predicted octanol–water partition coefficient (Wildman–Crippen LogP) is 3.00. The molecule has 0 unspecified atom stereocenters. The molecule has 0 spiro atoms. The van der Waals surface area contributed by atoms with Crippen molar-refractivity contribution in [2.24, 2.45) is 0 Å². The van der Waals surface area contributed by atoms with E-state index in [1.165, 1.54) is 0 Å². The normalized spacial score (nSPS) is 10.3. The number of hydrogen-bond donors (Lipinski definition) is 2. The second-order valence-corrected chi connectivity index (χ2v) is 3.83. The van der Waals surface area contributed by atoms with E-state index in [9.17, 15) is 4.79 Å². The van der Waals surface area contributed by atoms with Crippen molar-refractivity contribution in [1.82, 2.24) is 4.98 Å². The van der Waals surface area contributed by atoms with Crippen molar-refractivity contribution in [3.05, 3.63) is 35.2 Å². The van der Waals surface area contributed by atoms with Crippen LogP contribution in [0.25, 0.3) is 11.1 Å². The van der Waals surface area contributed by atoms with Crippen LogP contribution in [0.2, 0.25) is 0 Å². The summed E-state index contributed by atoms with van der Waals surface area (Å²) in [6.07, 6.45) is 0. The molecule has 0 aliphatic carbocycles. The second kappa shape index (κ2) is 3.94. The van der Waals surface area contributed by atoms with Crippen LogP contribution in [0.15, 0.2) is 34.8 Å². The van der Waals surface area contributed by atoms with Crippen molar-refractivity contribution in [2.45, 2.75) is 6.92 Å². The Hall–Kier alpha value is -1.88. The first kappa shape index (κ1) is 10.6. The summed E-state index contributed by atoms with van der Waals surface area (Å²) in [6.45, 7) is 5.21. The lowest BCUT2D eigenvalue weighted by Gasteiger charge is -2.03. The molecule has 0 fully saturated rings. The Balaban J connectivity index is 2.36. The van der Waals surface area contributed by atoms with Gasteiger partial charge in [-0.15, -0.1) is 0 Å². The number of rotatable bonds is 2. The van der Waals surface area contributed by atoms with Crippen LogP contribution in [0.1, 0.15) is 6.92 Å². The molecule has 0 aliphatic rings. The fraction of sp³-hybridized carbons (Fsp3) is 0.0909. The highest BCUT2D eigenvalue weighted by Crippen LogP contribution is 2.18. The number of carbonyl (C=O) groups is 1. The maximum absolute atomic E-state index is 11.4. The smallest absolute Gasteiger partial charge is 0.266 e. The van der Waals surface area contributed by atoms with E-state index in [2.05, 4.69) is 16.9 Å². The maximum atomic E-state index is 11.4. The summed E-state index contributed by atoms with van der Waals surface area (Å²) in [5.74, 6) is -0.214. The number of aromatic amines is 1. The first-order chi connectivity index (χ1) is 7.56. The fourth-order valence-electron chi connectivity index (χ4n) is 1.26. The summed E-state index contributed by atoms with van der Waals surface area (Å²) in [6, 6.07) is 5.27. The number of carbonyl (C=O) groups excluding carboxylic acids is 1. The first-order valence-electron chi connectivity index (χ1n) is 4.66. The Kier molecular flexibility index (Phi) is 2.62. The number of anilines is 1. The van der Waals surface area contributed by atoms with E-state index in [0.717, 1.165) is 5.52 Å². The minimum atomic E-state index is -0.214. The zero-order valence-electron chi connectivity index (χ0n) is 8.66. The maximum Gasteiger partial charge on any atom is 0.266 e. The lowest BCUT2D eigenvalue weighted by molar-refractivity contribution is -0.112. The average Bonchev–Trinajstić information content (AvgIpc) is 2.57. The summed E-state index contributed by atoms with van der Waals surface area (Å²) in [7, 11) is 0. The Morgan fingerprint density at radius 3 is 3.00 bits per heavy atom. The summed E-state index contributed by atoms with van der Waals surface area (Å²) in [5.41, 5.74) is 2.52. The van der Waals surface area contributed by atoms with Crippen LogP contribution in [-0.4, -0.2) is 10.9 Å². The second-order valence-electron chi connectivity index (χ2n) is 3.46.